The molecule has 2 nitrogen and oxygen atoms in total. The highest BCUT2D eigenvalue weighted by Crippen LogP contribution is 2.45. The summed E-state index contributed by atoms with van der Waals surface area (Å²) < 4.78 is 5.47. The number of rotatable bonds is 20. The zero-order valence-corrected chi connectivity index (χ0v) is 21.4. The SMILES string of the molecule is CC(C)[Si](CCCCCCCCCCCCCOCCCO)(C(C)C)C(C)C. The van der Waals surface area contributed by atoms with Gasteiger partial charge in [-0.2, -0.15) is 0 Å². The van der Waals surface area contributed by atoms with Gasteiger partial charge in [0, 0.05) is 19.8 Å². The zero-order chi connectivity index (χ0) is 21.3. The summed E-state index contributed by atoms with van der Waals surface area (Å²) in [6, 6.07) is 1.55. The Morgan fingerprint density at radius 3 is 1.29 bits per heavy atom. The summed E-state index contributed by atoms with van der Waals surface area (Å²) in [5, 5.41) is 8.68. The Morgan fingerprint density at radius 1 is 0.536 bits per heavy atom. The summed E-state index contributed by atoms with van der Waals surface area (Å²) in [7, 11) is -1.15. The molecule has 28 heavy (non-hydrogen) atoms. The van der Waals surface area contributed by atoms with Crippen molar-refractivity contribution in [1.29, 1.82) is 0 Å². The van der Waals surface area contributed by atoms with E-state index in [-0.39, 0.29) is 6.61 Å². The van der Waals surface area contributed by atoms with Crippen LogP contribution in [0.5, 0.6) is 0 Å². The van der Waals surface area contributed by atoms with Crippen molar-refractivity contribution in [1.82, 2.24) is 0 Å². The maximum atomic E-state index is 8.68. The highest BCUT2D eigenvalue weighted by atomic mass is 28.3. The van der Waals surface area contributed by atoms with Crippen LogP contribution in [0.2, 0.25) is 22.7 Å². The number of aliphatic hydroxyl groups excluding tert-OH is 1. The van der Waals surface area contributed by atoms with Gasteiger partial charge in [-0.05, 0) is 12.8 Å². The van der Waals surface area contributed by atoms with Crippen LogP contribution in [0.3, 0.4) is 0 Å². The van der Waals surface area contributed by atoms with E-state index in [2.05, 4.69) is 41.5 Å². The lowest BCUT2D eigenvalue weighted by molar-refractivity contribution is 0.112. The van der Waals surface area contributed by atoms with Crippen molar-refractivity contribution in [3.05, 3.63) is 0 Å². The van der Waals surface area contributed by atoms with E-state index in [9.17, 15) is 0 Å². The largest absolute Gasteiger partial charge is 0.396 e. The monoisotopic (exact) mass is 414 g/mol. The first kappa shape index (κ1) is 28.1. The average molecular weight is 415 g/mol. The van der Waals surface area contributed by atoms with E-state index in [1.807, 2.05) is 0 Å². The van der Waals surface area contributed by atoms with Gasteiger partial charge >= 0.3 is 0 Å². The number of unbranched alkanes of at least 4 members (excludes halogenated alkanes) is 10. The van der Waals surface area contributed by atoms with Crippen LogP contribution in [0.1, 0.15) is 119 Å². The molecule has 0 rings (SSSR count). The van der Waals surface area contributed by atoms with E-state index in [1.54, 1.807) is 6.04 Å². The molecule has 0 bridgehead atoms. The van der Waals surface area contributed by atoms with Crippen LogP contribution in [0, 0.1) is 0 Å². The lowest BCUT2D eigenvalue weighted by atomic mass is 10.1. The van der Waals surface area contributed by atoms with Crippen molar-refractivity contribution in [2.45, 2.75) is 141 Å². The summed E-state index contributed by atoms with van der Waals surface area (Å²) in [5.74, 6) is 0. The first-order valence-corrected chi connectivity index (χ1v) is 15.0. The van der Waals surface area contributed by atoms with Crippen molar-refractivity contribution in [2.24, 2.45) is 0 Å². The lowest BCUT2D eigenvalue weighted by Crippen LogP contribution is -2.44. The van der Waals surface area contributed by atoms with Gasteiger partial charge in [0.2, 0.25) is 0 Å². The summed E-state index contributed by atoms with van der Waals surface area (Å²) in [6.07, 6.45) is 16.1. The summed E-state index contributed by atoms with van der Waals surface area (Å²) in [6.45, 7) is 16.8. The molecule has 0 saturated heterocycles. The van der Waals surface area contributed by atoms with E-state index in [4.69, 9.17) is 9.84 Å². The van der Waals surface area contributed by atoms with Crippen molar-refractivity contribution in [3.8, 4) is 0 Å². The molecule has 0 aliphatic carbocycles. The van der Waals surface area contributed by atoms with Crippen LogP contribution >= 0.6 is 0 Å². The minimum absolute atomic E-state index is 0.246. The van der Waals surface area contributed by atoms with Crippen LogP contribution in [0.25, 0.3) is 0 Å². The van der Waals surface area contributed by atoms with E-state index >= 15 is 0 Å². The Morgan fingerprint density at radius 2 is 0.893 bits per heavy atom. The second-order valence-electron chi connectivity index (χ2n) is 9.91. The summed E-state index contributed by atoms with van der Waals surface area (Å²) >= 11 is 0. The quantitative estimate of drug-likeness (QED) is 0.160. The highest BCUT2D eigenvalue weighted by molar-refractivity contribution is 6.83. The smallest absolute Gasteiger partial charge is 0.0612 e. The first-order chi connectivity index (χ1) is 13.4. The average Bonchev–Trinajstić information content (AvgIpc) is 2.63. The third-order valence-corrected chi connectivity index (χ3v) is 14.7. The minimum atomic E-state index is -1.15. The molecule has 0 unspecified atom stereocenters. The molecule has 1 N–H and O–H groups in total. The van der Waals surface area contributed by atoms with Crippen molar-refractivity contribution in [2.75, 3.05) is 19.8 Å². The van der Waals surface area contributed by atoms with E-state index in [0.29, 0.717) is 6.61 Å². The van der Waals surface area contributed by atoms with E-state index < -0.39 is 8.07 Å². The Kier molecular flexibility index (Phi) is 18.0. The molecule has 0 radical (unpaired) electrons. The normalized spacial score (nSPS) is 12.6. The number of ether oxygens (including phenoxy) is 1. The van der Waals surface area contributed by atoms with Crippen molar-refractivity contribution < 1.29 is 9.84 Å². The molecule has 0 heterocycles. The van der Waals surface area contributed by atoms with Crippen LogP contribution in [0.4, 0.5) is 0 Å². The van der Waals surface area contributed by atoms with Gasteiger partial charge in [0.25, 0.3) is 0 Å². The Labute approximate surface area is 179 Å². The molecule has 0 aliphatic heterocycles. The highest BCUT2D eigenvalue weighted by Gasteiger charge is 2.41. The molecule has 0 aromatic heterocycles. The molecular formula is C25H54O2Si. The van der Waals surface area contributed by atoms with Crippen molar-refractivity contribution in [3.63, 3.8) is 0 Å². The Balaban J connectivity index is 3.55. The molecule has 0 aromatic rings. The van der Waals surface area contributed by atoms with Gasteiger partial charge in [-0.1, -0.05) is 128 Å². The predicted octanol–water partition coefficient (Wildman–Crippen LogP) is 8.36. The van der Waals surface area contributed by atoms with Gasteiger partial charge in [-0.15, -0.1) is 0 Å². The van der Waals surface area contributed by atoms with Crippen LogP contribution < -0.4 is 0 Å². The number of hydrogen-bond acceptors (Lipinski definition) is 2. The Hall–Kier alpha value is 0.137. The molecule has 0 atom stereocenters. The molecule has 0 aromatic carbocycles. The van der Waals surface area contributed by atoms with Gasteiger partial charge in [-0.3, -0.25) is 0 Å². The second kappa shape index (κ2) is 17.9. The standard InChI is InChI=1S/C25H54O2Si/c1-23(2)28(24(3)4,25(5)6)22-17-15-13-11-9-7-8-10-12-14-16-20-27-21-18-19-26/h23-26H,7-22H2,1-6H3. The van der Waals surface area contributed by atoms with Crippen molar-refractivity contribution >= 4 is 8.07 Å². The molecule has 3 heteroatoms. The zero-order valence-electron chi connectivity index (χ0n) is 20.4. The maximum absolute atomic E-state index is 8.68. The molecule has 0 amide bonds. The third kappa shape index (κ3) is 12.0. The fourth-order valence-electron chi connectivity index (χ4n) is 5.36. The molecule has 0 spiro atoms. The van der Waals surface area contributed by atoms with Gasteiger partial charge in [0.15, 0.2) is 0 Å². The number of hydrogen-bond donors (Lipinski definition) is 1. The number of aliphatic hydroxyl groups is 1. The molecule has 0 fully saturated rings. The van der Waals surface area contributed by atoms with Gasteiger partial charge in [0.1, 0.15) is 0 Å². The second-order valence-corrected chi connectivity index (χ2v) is 16.1. The fraction of sp³-hybridized carbons (Fsp3) is 1.00. The van der Waals surface area contributed by atoms with Gasteiger partial charge in [0.05, 0.1) is 8.07 Å². The minimum Gasteiger partial charge on any atom is -0.396 e. The van der Waals surface area contributed by atoms with Crippen LogP contribution in [-0.2, 0) is 4.74 Å². The molecule has 0 aliphatic rings. The fourth-order valence-corrected chi connectivity index (χ4v) is 12.0. The third-order valence-electron chi connectivity index (χ3n) is 7.07. The van der Waals surface area contributed by atoms with Gasteiger partial charge in [-0.25, -0.2) is 0 Å². The lowest BCUT2D eigenvalue weighted by Gasteiger charge is -2.43. The predicted molar refractivity (Wildman–Crippen MR) is 129 cm³/mol. The van der Waals surface area contributed by atoms with E-state index in [1.165, 1.54) is 70.6 Å². The molecule has 170 valence electrons. The molecule has 0 saturated carbocycles. The van der Waals surface area contributed by atoms with E-state index in [0.717, 1.165) is 29.7 Å². The van der Waals surface area contributed by atoms with Crippen LogP contribution in [0.15, 0.2) is 0 Å². The maximum Gasteiger partial charge on any atom is 0.0612 e. The van der Waals surface area contributed by atoms with Crippen LogP contribution in [-0.4, -0.2) is 33.0 Å². The summed E-state index contributed by atoms with van der Waals surface area (Å²) in [4.78, 5) is 0. The first-order valence-electron chi connectivity index (χ1n) is 12.6. The van der Waals surface area contributed by atoms with Gasteiger partial charge < -0.3 is 9.84 Å². The summed E-state index contributed by atoms with van der Waals surface area (Å²) in [5.41, 5.74) is 2.75. The topological polar surface area (TPSA) is 29.5 Å². The molecular weight excluding hydrogens is 360 g/mol. The Bertz CT molecular complexity index is 307.